The standard InChI is InChI=1S/C20H19ClF3N5O/c21-15-4-1-13(2-5-15)3-6-18(30)28-9-7-14(8-10-28)16-11-17(20(22,23)24)29-19(27-16)25-12-26-29/h1-2,4-5,11-12,14H,3,6-10H2. The van der Waals surface area contributed by atoms with E-state index >= 15 is 0 Å². The van der Waals surface area contributed by atoms with Crippen LogP contribution >= 0.6 is 11.6 Å². The number of benzene rings is 1. The number of hydrogen-bond donors (Lipinski definition) is 0. The smallest absolute Gasteiger partial charge is 0.343 e. The summed E-state index contributed by atoms with van der Waals surface area (Å²) in [6.07, 6.45) is -1.38. The first-order chi connectivity index (χ1) is 14.3. The molecule has 0 N–H and O–H groups in total. The second-order valence-corrected chi connectivity index (χ2v) is 7.75. The second kappa shape index (κ2) is 8.22. The van der Waals surface area contributed by atoms with Crippen molar-refractivity contribution >= 4 is 23.3 Å². The van der Waals surface area contributed by atoms with Gasteiger partial charge in [0.25, 0.3) is 5.78 Å². The van der Waals surface area contributed by atoms with Crippen molar-refractivity contribution in [2.75, 3.05) is 13.1 Å². The number of rotatable bonds is 4. The van der Waals surface area contributed by atoms with Gasteiger partial charge in [0.15, 0.2) is 5.69 Å². The summed E-state index contributed by atoms with van der Waals surface area (Å²) < 4.78 is 40.8. The zero-order valence-electron chi connectivity index (χ0n) is 15.9. The minimum absolute atomic E-state index is 0.0419. The Kier molecular flexibility index (Phi) is 5.64. The molecule has 0 atom stereocenters. The van der Waals surface area contributed by atoms with Gasteiger partial charge < -0.3 is 4.90 Å². The molecule has 0 unspecified atom stereocenters. The van der Waals surface area contributed by atoms with Gasteiger partial charge in [0.1, 0.15) is 6.33 Å². The number of nitrogens with zero attached hydrogens (tertiary/aromatic N) is 5. The molecule has 6 nitrogen and oxygen atoms in total. The molecule has 0 spiro atoms. The van der Waals surface area contributed by atoms with Crippen molar-refractivity contribution in [3.8, 4) is 0 Å². The van der Waals surface area contributed by atoms with Gasteiger partial charge in [-0.2, -0.15) is 27.8 Å². The number of aryl methyl sites for hydroxylation is 1. The van der Waals surface area contributed by atoms with Gasteiger partial charge in [-0.15, -0.1) is 0 Å². The number of hydrogen-bond acceptors (Lipinski definition) is 4. The zero-order chi connectivity index (χ0) is 21.3. The van der Waals surface area contributed by atoms with E-state index in [4.69, 9.17) is 11.6 Å². The molecule has 1 saturated heterocycles. The van der Waals surface area contributed by atoms with Gasteiger partial charge >= 0.3 is 6.18 Å². The van der Waals surface area contributed by atoms with Crippen LogP contribution in [-0.4, -0.2) is 43.5 Å². The number of fused-ring (bicyclic) bond motifs is 1. The number of carbonyl (C=O) groups is 1. The summed E-state index contributed by atoms with van der Waals surface area (Å²) in [5, 5.41) is 4.27. The fourth-order valence-corrected chi connectivity index (χ4v) is 3.85. The Hall–Kier alpha value is -2.68. The lowest BCUT2D eigenvalue weighted by atomic mass is 9.92. The van der Waals surface area contributed by atoms with E-state index in [1.54, 1.807) is 17.0 Å². The summed E-state index contributed by atoms with van der Waals surface area (Å²) in [4.78, 5) is 22.4. The monoisotopic (exact) mass is 437 g/mol. The van der Waals surface area contributed by atoms with Crippen LogP contribution in [-0.2, 0) is 17.4 Å². The maximum absolute atomic E-state index is 13.4. The first-order valence-corrected chi connectivity index (χ1v) is 9.99. The van der Waals surface area contributed by atoms with Crippen LogP contribution in [0.4, 0.5) is 13.2 Å². The van der Waals surface area contributed by atoms with Crippen LogP contribution in [0.15, 0.2) is 36.7 Å². The van der Waals surface area contributed by atoms with E-state index in [1.165, 1.54) is 0 Å². The first-order valence-electron chi connectivity index (χ1n) is 9.61. The highest BCUT2D eigenvalue weighted by Crippen LogP contribution is 2.33. The number of aromatic nitrogens is 4. The van der Waals surface area contributed by atoms with Crippen molar-refractivity contribution in [1.82, 2.24) is 24.5 Å². The molecule has 1 aromatic carbocycles. The normalized spacial score (nSPS) is 15.7. The van der Waals surface area contributed by atoms with Crippen LogP contribution in [0.5, 0.6) is 0 Å². The van der Waals surface area contributed by atoms with Gasteiger partial charge in [-0.25, -0.2) is 4.98 Å². The molecule has 3 aromatic rings. The number of alkyl halides is 3. The molecule has 0 aliphatic carbocycles. The number of piperidine rings is 1. The SMILES string of the molecule is O=C(CCc1ccc(Cl)cc1)N1CCC(c2cc(C(F)(F)F)n3ncnc3n2)CC1. The lowest BCUT2D eigenvalue weighted by Crippen LogP contribution is -2.38. The lowest BCUT2D eigenvalue weighted by Gasteiger charge is -2.32. The van der Waals surface area contributed by atoms with Gasteiger partial charge in [-0.1, -0.05) is 23.7 Å². The first kappa shape index (κ1) is 20.6. The Morgan fingerprint density at radius 1 is 1.17 bits per heavy atom. The highest BCUT2D eigenvalue weighted by Gasteiger charge is 2.36. The fraction of sp³-hybridized carbons (Fsp3) is 0.400. The lowest BCUT2D eigenvalue weighted by molar-refractivity contribution is -0.142. The van der Waals surface area contributed by atoms with Gasteiger partial charge in [0.05, 0.1) is 0 Å². The third-order valence-electron chi connectivity index (χ3n) is 5.37. The molecular formula is C20H19ClF3N5O. The Bertz CT molecular complexity index is 1040. The summed E-state index contributed by atoms with van der Waals surface area (Å²) in [6, 6.07) is 8.42. The Balaban J connectivity index is 1.39. The van der Waals surface area contributed by atoms with E-state index in [0.717, 1.165) is 18.0 Å². The molecule has 2 aromatic heterocycles. The van der Waals surface area contributed by atoms with Crippen LogP contribution in [0.2, 0.25) is 5.02 Å². The Morgan fingerprint density at radius 3 is 2.53 bits per heavy atom. The molecule has 0 bridgehead atoms. The zero-order valence-corrected chi connectivity index (χ0v) is 16.7. The summed E-state index contributed by atoms with van der Waals surface area (Å²) in [6.45, 7) is 0.982. The Morgan fingerprint density at radius 2 is 1.87 bits per heavy atom. The quantitative estimate of drug-likeness (QED) is 0.615. The third kappa shape index (κ3) is 4.40. The van der Waals surface area contributed by atoms with Crippen molar-refractivity contribution in [3.05, 3.63) is 58.6 Å². The van der Waals surface area contributed by atoms with E-state index in [-0.39, 0.29) is 17.6 Å². The van der Waals surface area contributed by atoms with Crippen LogP contribution in [0.3, 0.4) is 0 Å². The highest BCUT2D eigenvalue weighted by atomic mass is 35.5. The number of amides is 1. The molecule has 10 heteroatoms. The predicted octanol–water partition coefficient (Wildman–Crippen LogP) is 4.14. The van der Waals surface area contributed by atoms with Gasteiger partial charge in [0, 0.05) is 36.1 Å². The van der Waals surface area contributed by atoms with E-state index in [2.05, 4.69) is 15.1 Å². The molecule has 1 aliphatic heterocycles. The molecule has 1 amide bonds. The molecular weight excluding hydrogens is 419 g/mol. The van der Waals surface area contributed by atoms with Crippen molar-refractivity contribution in [1.29, 1.82) is 0 Å². The van der Waals surface area contributed by atoms with Crippen LogP contribution < -0.4 is 0 Å². The van der Waals surface area contributed by atoms with E-state index in [1.807, 2.05) is 12.1 Å². The minimum atomic E-state index is -4.55. The average molecular weight is 438 g/mol. The molecule has 1 fully saturated rings. The summed E-state index contributed by atoms with van der Waals surface area (Å²) >= 11 is 5.87. The molecule has 0 radical (unpaired) electrons. The van der Waals surface area contributed by atoms with Gasteiger partial charge in [0.2, 0.25) is 5.91 Å². The Labute approximate surface area is 175 Å². The third-order valence-corrected chi connectivity index (χ3v) is 5.62. The summed E-state index contributed by atoms with van der Waals surface area (Å²) in [7, 11) is 0. The molecule has 158 valence electrons. The highest BCUT2D eigenvalue weighted by molar-refractivity contribution is 6.30. The second-order valence-electron chi connectivity index (χ2n) is 7.32. The van der Waals surface area contributed by atoms with Crippen molar-refractivity contribution in [2.45, 2.75) is 37.8 Å². The molecule has 4 rings (SSSR count). The van der Waals surface area contributed by atoms with Crippen molar-refractivity contribution < 1.29 is 18.0 Å². The largest absolute Gasteiger partial charge is 0.433 e. The van der Waals surface area contributed by atoms with Crippen LogP contribution in [0.1, 0.15) is 42.1 Å². The fourth-order valence-electron chi connectivity index (χ4n) is 3.73. The van der Waals surface area contributed by atoms with E-state index < -0.39 is 11.9 Å². The number of likely N-dealkylation sites (tertiary alicyclic amines) is 1. The number of halogens is 4. The average Bonchev–Trinajstić information content (AvgIpc) is 3.20. The van der Waals surface area contributed by atoms with Crippen molar-refractivity contribution in [2.24, 2.45) is 0 Å². The summed E-state index contributed by atoms with van der Waals surface area (Å²) in [5.41, 5.74) is 0.491. The molecule has 1 aliphatic rings. The van der Waals surface area contributed by atoms with Gasteiger partial charge in [-0.05, 0) is 43.0 Å². The number of carbonyl (C=O) groups excluding carboxylic acids is 1. The van der Waals surface area contributed by atoms with E-state index in [9.17, 15) is 18.0 Å². The molecule has 3 heterocycles. The van der Waals surface area contributed by atoms with Crippen molar-refractivity contribution in [3.63, 3.8) is 0 Å². The topological polar surface area (TPSA) is 63.4 Å². The maximum Gasteiger partial charge on any atom is 0.433 e. The van der Waals surface area contributed by atoms with Crippen LogP contribution in [0.25, 0.3) is 5.78 Å². The minimum Gasteiger partial charge on any atom is -0.343 e. The van der Waals surface area contributed by atoms with Crippen LogP contribution in [0, 0.1) is 0 Å². The van der Waals surface area contributed by atoms with E-state index in [0.29, 0.717) is 54.0 Å². The summed E-state index contributed by atoms with van der Waals surface area (Å²) in [5.74, 6) is -0.186. The van der Waals surface area contributed by atoms with Gasteiger partial charge in [-0.3, -0.25) is 4.79 Å². The molecule has 30 heavy (non-hydrogen) atoms. The molecule has 0 saturated carbocycles. The predicted molar refractivity (Wildman–Crippen MR) is 104 cm³/mol. The maximum atomic E-state index is 13.4.